The van der Waals surface area contributed by atoms with Gasteiger partial charge in [-0.1, -0.05) is 25.1 Å². The number of piperazine rings is 1. The average Bonchev–Trinajstić information content (AvgIpc) is 3.12. The second-order valence-corrected chi connectivity index (χ2v) is 8.29. The summed E-state index contributed by atoms with van der Waals surface area (Å²) in [6.07, 6.45) is 3.60. The fourth-order valence-corrected chi connectivity index (χ4v) is 4.01. The molecule has 1 amide bonds. The SMILES string of the molecule is CCNC(=NCC(C)Sc1ccccc1)N1CCN(c2cnn(C)c2)C(=O)C1.I. The molecule has 2 aromatic rings. The minimum atomic E-state index is 0. The number of carbonyl (C=O) groups excluding carboxylic acids is 1. The van der Waals surface area contributed by atoms with Crippen LogP contribution in [0.5, 0.6) is 0 Å². The summed E-state index contributed by atoms with van der Waals surface area (Å²) in [6, 6.07) is 10.4. The molecule has 1 aromatic carbocycles. The van der Waals surface area contributed by atoms with E-state index in [4.69, 9.17) is 4.99 Å². The maximum absolute atomic E-state index is 12.7. The Hall–Kier alpha value is -1.75. The van der Waals surface area contributed by atoms with Crippen LogP contribution >= 0.6 is 35.7 Å². The Labute approximate surface area is 193 Å². The van der Waals surface area contributed by atoms with Crippen molar-refractivity contribution < 1.29 is 4.79 Å². The number of thioether (sulfide) groups is 1. The van der Waals surface area contributed by atoms with E-state index in [0.29, 0.717) is 24.9 Å². The third kappa shape index (κ3) is 6.63. The van der Waals surface area contributed by atoms with Gasteiger partial charge in [-0.05, 0) is 19.1 Å². The second kappa shape index (κ2) is 11.4. The molecular formula is C20H29IN6OS. The number of aryl methyl sites for hydroxylation is 1. The smallest absolute Gasteiger partial charge is 0.246 e. The van der Waals surface area contributed by atoms with Gasteiger partial charge in [0, 0.05) is 43.0 Å². The summed E-state index contributed by atoms with van der Waals surface area (Å²) >= 11 is 1.81. The number of amides is 1. The van der Waals surface area contributed by atoms with Crippen LogP contribution in [0.25, 0.3) is 0 Å². The van der Waals surface area contributed by atoms with Gasteiger partial charge in [-0.25, -0.2) is 0 Å². The van der Waals surface area contributed by atoms with Gasteiger partial charge in [0.1, 0.15) is 6.54 Å². The van der Waals surface area contributed by atoms with Crippen LogP contribution in [0, 0.1) is 0 Å². The molecule has 0 radical (unpaired) electrons. The van der Waals surface area contributed by atoms with Gasteiger partial charge in [-0.3, -0.25) is 14.5 Å². The molecule has 3 rings (SSSR count). The molecular weight excluding hydrogens is 499 g/mol. The van der Waals surface area contributed by atoms with Gasteiger partial charge in [0.05, 0.1) is 18.4 Å². The first-order valence-corrected chi connectivity index (χ1v) is 10.5. The molecule has 0 saturated carbocycles. The number of aliphatic imine (C=N–C) groups is 1. The van der Waals surface area contributed by atoms with Crippen molar-refractivity contribution >= 4 is 53.3 Å². The summed E-state index contributed by atoms with van der Waals surface area (Å²) in [5, 5.41) is 7.84. The Morgan fingerprint density at radius 1 is 1.31 bits per heavy atom. The molecule has 29 heavy (non-hydrogen) atoms. The van der Waals surface area contributed by atoms with Gasteiger partial charge in [0.25, 0.3) is 0 Å². The zero-order valence-corrected chi connectivity index (χ0v) is 20.3. The summed E-state index contributed by atoms with van der Waals surface area (Å²) in [7, 11) is 1.86. The Bertz CT molecular complexity index is 812. The van der Waals surface area contributed by atoms with Crippen LogP contribution in [0.2, 0.25) is 0 Å². The highest BCUT2D eigenvalue weighted by atomic mass is 127. The molecule has 1 aromatic heterocycles. The van der Waals surface area contributed by atoms with Gasteiger partial charge in [0.15, 0.2) is 5.96 Å². The number of hydrogen-bond acceptors (Lipinski definition) is 4. The molecule has 0 bridgehead atoms. The third-order valence-corrected chi connectivity index (χ3v) is 5.53. The Kier molecular flexibility index (Phi) is 9.28. The summed E-state index contributed by atoms with van der Waals surface area (Å²) in [5.41, 5.74) is 0.849. The standard InChI is InChI=1S/C20H28N6OS.HI/c1-4-21-20(22-12-16(2)28-18-8-6-5-7-9-18)25-10-11-26(19(27)15-25)17-13-23-24(3)14-17;/h5-9,13-14,16H,4,10-12,15H2,1-3H3,(H,21,22);1H. The van der Waals surface area contributed by atoms with Gasteiger partial charge < -0.3 is 15.1 Å². The molecule has 0 aliphatic carbocycles. The molecule has 1 fully saturated rings. The van der Waals surface area contributed by atoms with Crippen molar-refractivity contribution in [3.8, 4) is 0 Å². The van der Waals surface area contributed by atoms with E-state index in [1.807, 2.05) is 42.9 Å². The fourth-order valence-electron chi connectivity index (χ4n) is 3.08. The van der Waals surface area contributed by atoms with Crippen molar-refractivity contribution in [1.82, 2.24) is 20.0 Å². The van der Waals surface area contributed by atoms with Crippen LogP contribution in [0.3, 0.4) is 0 Å². The predicted molar refractivity (Wildman–Crippen MR) is 130 cm³/mol. The van der Waals surface area contributed by atoms with Crippen LogP contribution < -0.4 is 10.2 Å². The summed E-state index contributed by atoms with van der Waals surface area (Å²) in [6.45, 7) is 7.38. The molecule has 1 aliphatic heterocycles. The molecule has 9 heteroatoms. The lowest BCUT2D eigenvalue weighted by molar-refractivity contribution is -0.120. The monoisotopic (exact) mass is 528 g/mol. The van der Waals surface area contributed by atoms with Crippen LogP contribution in [0.15, 0.2) is 52.6 Å². The molecule has 1 saturated heterocycles. The van der Waals surface area contributed by atoms with E-state index >= 15 is 0 Å². The summed E-state index contributed by atoms with van der Waals surface area (Å²) < 4.78 is 1.71. The molecule has 2 heterocycles. The van der Waals surface area contributed by atoms with E-state index in [1.54, 1.807) is 15.8 Å². The topological polar surface area (TPSA) is 65.8 Å². The Morgan fingerprint density at radius 2 is 2.07 bits per heavy atom. The number of guanidine groups is 1. The van der Waals surface area contributed by atoms with E-state index in [9.17, 15) is 4.79 Å². The van der Waals surface area contributed by atoms with Crippen LogP contribution in [-0.2, 0) is 11.8 Å². The average molecular weight is 528 g/mol. The van der Waals surface area contributed by atoms with Crippen LogP contribution in [-0.4, -0.2) is 64.5 Å². The first-order chi connectivity index (χ1) is 13.6. The lowest BCUT2D eigenvalue weighted by Gasteiger charge is -2.35. The molecule has 158 valence electrons. The number of nitrogens with one attached hydrogen (secondary N) is 1. The highest BCUT2D eigenvalue weighted by Gasteiger charge is 2.27. The molecule has 1 unspecified atom stereocenters. The van der Waals surface area contributed by atoms with E-state index in [0.717, 1.165) is 24.7 Å². The summed E-state index contributed by atoms with van der Waals surface area (Å²) in [4.78, 5) is 22.5. The molecule has 1 aliphatic rings. The minimum absolute atomic E-state index is 0. The normalized spacial score (nSPS) is 15.8. The van der Waals surface area contributed by atoms with Crippen molar-refractivity contribution in [2.24, 2.45) is 12.0 Å². The Morgan fingerprint density at radius 3 is 2.69 bits per heavy atom. The van der Waals surface area contributed by atoms with E-state index in [2.05, 4.69) is 41.6 Å². The zero-order chi connectivity index (χ0) is 19.9. The predicted octanol–water partition coefficient (Wildman–Crippen LogP) is 2.83. The number of benzene rings is 1. The maximum atomic E-state index is 12.7. The molecule has 1 N–H and O–H groups in total. The highest BCUT2D eigenvalue weighted by molar-refractivity contribution is 14.0. The highest BCUT2D eigenvalue weighted by Crippen LogP contribution is 2.23. The second-order valence-electron chi connectivity index (χ2n) is 6.78. The van der Waals surface area contributed by atoms with Crippen molar-refractivity contribution in [2.75, 3.05) is 37.6 Å². The van der Waals surface area contributed by atoms with Gasteiger partial charge in [-0.2, -0.15) is 5.10 Å². The third-order valence-electron chi connectivity index (χ3n) is 4.44. The van der Waals surface area contributed by atoms with Crippen molar-refractivity contribution in [3.63, 3.8) is 0 Å². The number of nitrogens with zero attached hydrogens (tertiary/aromatic N) is 5. The number of aromatic nitrogens is 2. The number of hydrogen-bond donors (Lipinski definition) is 1. The van der Waals surface area contributed by atoms with Gasteiger partial charge in [-0.15, -0.1) is 35.7 Å². The van der Waals surface area contributed by atoms with Gasteiger partial charge >= 0.3 is 0 Å². The maximum Gasteiger partial charge on any atom is 0.246 e. The van der Waals surface area contributed by atoms with E-state index in [1.165, 1.54) is 4.90 Å². The zero-order valence-electron chi connectivity index (χ0n) is 17.1. The van der Waals surface area contributed by atoms with Crippen molar-refractivity contribution in [2.45, 2.75) is 24.0 Å². The lowest BCUT2D eigenvalue weighted by Crippen LogP contribution is -2.55. The number of rotatable bonds is 6. The fraction of sp³-hybridized carbons (Fsp3) is 0.450. The molecule has 0 spiro atoms. The van der Waals surface area contributed by atoms with Crippen LogP contribution in [0.4, 0.5) is 5.69 Å². The number of anilines is 1. The van der Waals surface area contributed by atoms with Crippen molar-refractivity contribution in [1.29, 1.82) is 0 Å². The van der Waals surface area contributed by atoms with Crippen LogP contribution in [0.1, 0.15) is 13.8 Å². The first-order valence-electron chi connectivity index (χ1n) is 9.60. The Balaban J connectivity index is 0.00000300. The largest absolute Gasteiger partial charge is 0.357 e. The van der Waals surface area contributed by atoms with Gasteiger partial charge in [0.2, 0.25) is 5.91 Å². The quantitative estimate of drug-likeness (QED) is 0.271. The minimum Gasteiger partial charge on any atom is -0.357 e. The van der Waals surface area contributed by atoms with E-state index < -0.39 is 0 Å². The number of carbonyl (C=O) groups is 1. The molecule has 7 nitrogen and oxygen atoms in total. The molecule has 1 atom stereocenters. The lowest BCUT2D eigenvalue weighted by atomic mass is 10.3. The number of halogens is 1. The summed E-state index contributed by atoms with van der Waals surface area (Å²) in [5.74, 6) is 0.874. The van der Waals surface area contributed by atoms with Crippen molar-refractivity contribution in [3.05, 3.63) is 42.7 Å². The van der Waals surface area contributed by atoms with E-state index in [-0.39, 0.29) is 29.9 Å². The first kappa shape index (κ1) is 23.5.